The van der Waals surface area contributed by atoms with E-state index in [0.717, 1.165) is 6.08 Å². The van der Waals surface area contributed by atoms with Crippen molar-refractivity contribution in [3.8, 4) is 0 Å². The number of esters is 1. The monoisotopic (exact) mass is 355 g/mol. The fourth-order valence-corrected chi connectivity index (χ4v) is 2.15. The van der Waals surface area contributed by atoms with Crippen LogP contribution in [0.1, 0.15) is 25.5 Å². The summed E-state index contributed by atoms with van der Waals surface area (Å²) in [5.41, 5.74) is 0.901. The van der Waals surface area contributed by atoms with Crippen molar-refractivity contribution in [3.05, 3.63) is 23.9 Å². The molecule has 2 rings (SSSR count). The van der Waals surface area contributed by atoms with Crippen LogP contribution in [0, 0.1) is 0 Å². The molecule has 0 radical (unpaired) electrons. The van der Waals surface area contributed by atoms with Gasteiger partial charge < -0.3 is 20.5 Å². The van der Waals surface area contributed by atoms with E-state index in [4.69, 9.17) is 9.84 Å². The Kier molecular flexibility index (Phi) is 7.19. The first-order valence-electron chi connectivity index (χ1n) is 7.12. The number of hydrogen-bond acceptors (Lipinski definition) is 6. The Bertz CT molecular complexity index is 663. The van der Waals surface area contributed by atoms with Crippen molar-refractivity contribution in [2.75, 3.05) is 17.2 Å². The third kappa shape index (κ3) is 5.54. The van der Waals surface area contributed by atoms with Crippen LogP contribution in [0.15, 0.2) is 18.2 Å². The second kappa shape index (κ2) is 8.88. The molecular formula is C15H18ClN3O5. The van der Waals surface area contributed by atoms with Gasteiger partial charge in [0.05, 0.1) is 24.4 Å². The first kappa shape index (κ1) is 19.4. The molecule has 1 aliphatic rings. The molecule has 2 heterocycles. The molecule has 1 atom stereocenters. The molecule has 0 saturated heterocycles. The van der Waals surface area contributed by atoms with Crippen LogP contribution in [0.3, 0.4) is 0 Å². The minimum atomic E-state index is -1.08. The number of carboxylic acid groups (broad SMARTS) is 1. The predicted molar refractivity (Wildman–Crippen MR) is 90.1 cm³/mol. The lowest BCUT2D eigenvalue weighted by Crippen LogP contribution is -2.27. The second-order valence-electron chi connectivity index (χ2n) is 4.91. The standard InChI is InChI=1S/C15H17N3O5.ClH/c1-2-23-14(22)8-10-7-12(19)18-11-5-3-9(4-6-13(20)21)16-15(11)17-10;/h3-6,10H,2,7-8H2,1H3,(H,16,17)(H,18,19)(H,20,21);1H/b6-4+;. The minimum absolute atomic E-state index is 0. The van der Waals surface area contributed by atoms with Gasteiger partial charge >= 0.3 is 11.9 Å². The summed E-state index contributed by atoms with van der Waals surface area (Å²) in [5.74, 6) is -1.33. The highest BCUT2D eigenvalue weighted by molar-refractivity contribution is 5.96. The van der Waals surface area contributed by atoms with Crippen LogP contribution in [0.4, 0.5) is 11.5 Å². The fraction of sp³-hybridized carbons (Fsp3) is 0.333. The largest absolute Gasteiger partial charge is 0.478 e. The summed E-state index contributed by atoms with van der Waals surface area (Å²) in [4.78, 5) is 38.3. The number of ether oxygens (including phenoxy) is 1. The zero-order chi connectivity index (χ0) is 16.8. The van der Waals surface area contributed by atoms with Gasteiger partial charge in [0.15, 0.2) is 5.82 Å². The van der Waals surface area contributed by atoms with Gasteiger partial charge in [-0.05, 0) is 25.1 Å². The maximum absolute atomic E-state index is 11.9. The van der Waals surface area contributed by atoms with E-state index in [-0.39, 0.29) is 37.8 Å². The summed E-state index contributed by atoms with van der Waals surface area (Å²) in [6.07, 6.45) is 2.46. The number of aromatic nitrogens is 1. The number of rotatable bonds is 5. The molecule has 1 unspecified atom stereocenters. The summed E-state index contributed by atoms with van der Waals surface area (Å²) in [5, 5.41) is 14.4. The average Bonchev–Trinajstić information content (AvgIpc) is 2.62. The van der Waals surface area contributed by atoms with Crippen molar-refractivity contribution in [1.82, 2.24) is 4.98 Å². The summed E-state index contributed by atoms with van der Waals surface area (Å²) in [6.45, 7) is 1.99. The maximum Gasteiger partial charge on any atom is 0.328 e. The van der Waals surface area contributed by atoms with Gasteiger partial charge in [0, 0.05) is 18.5 Å². The summed E-state index contributed by atoms with van der Waals surface area (Å²) < 4.78 is 4.89. The summed E-state index contributed by atoms with van der Waals surface area (Å²) in [6, 6.07) is 2.77. The molecule has 130 valence electrons. The minimum Gasteiger partial charge on any atom is -0.478 e. The molecule has 24 heavy (non-hydrogen) atoms. The van der Waals surface area contributed by atoms with Gasteiger partial charge in [0.25, 0.3) is 0 Å². The first-order valence-corrected chi connectivity index (χ1v) is 7.12. The van der Waals surface area contributed by atoms with E-state index in [9.17, 15) is 14.4 Å². The normalized spacial score (nSPS) is 16.2. The molecule has 1 aliphatic heterocycles. The number of anilines is 2. The number of nitrogens with one attached hydrogen (secondary N) is 2. The summed E-state index contributed by atoms with van der Waals surface area (Å²) in [7, 11) is 0. The molecule has 0 aliphatic carbocycles. The van der Waals surface area contributed by atoms with Crippen molar-refractivity contribution in [3.63, 3.8) is 0 Å². The molecule has 0 bridgehead atoms. The molecule has 0 spiro atoms. The number of carbonyl (C=O) groups excluding carboxylic acids is 2. The number of carboxylic acids is 1. The summed E-state index contributed by atoms with van der Waals surface area (Å²) >= 11 is 0. The highest BCUT2D eigenvalue weighted by Gasteiger charge is 2.24. The molecule has 1 aromatic heterocycles. The fourth-order valence-electron chi connectivity index (χ4n) is 2.15. The Morgan fingerprint density at radius 2 is 2.21 bits per heavy atom. The zero-order valence-corrected chi connectivity index (χ0v) is 13.8. The topological polar surface area (TPSA) is 118 Å². The molecule has 3 N–H and O–H groups in total. The van der Waals surface area contributed by atoms with E-state index in [1.54, 1.807) is 19.1 Å². The second-order valence-corrected chi connectivity index (χ2v) is 4.91. The molecule has 1 aromatic rings. The molecule has 9 heteroatoms. The van der Waals surface area contributed by atoms with Crippen LogP contribution in [0.5, 0.6) is 0 Å². The van der Waals surface area contributed by atoms with Crippen LogP contribution in [0.25, 0.3) is 6.08 Å². The van der Waals surface area contributed by atoms with E-state index in [1.165, 1.54) is 6.08 Å². The molecule has 8 nitrogen and oxygen atoms in total. The Morgan fingerprint density at radius 1 is 1.46 bits per heavy atom. The SMILES string of the molecule is CCOC(=O)CC1CC(=O)Nc2ccc(/C=C/C(=O)O)nc2N1.Cl. The van der Waals surface area contributed by atoms with E-state index < -0.39 is 18.0 Å². The molecule has 0 fully saturated rings. The number of nitrogens with zero attached hydrogens (tertiary/aromatic N) is 1. The average molecular weight is 356 g/mol. The van der Waals surface area contributed by atoms with E-state index >= 15 is 0 Å². The van der Waals surface area contributed by atoms with Crippen molar-refractivity contribution in [1.29, 1.82) is 0 Å². The van der Waals surface area contributed by atoms with Crippen molar-refractivity contribution < 1.29 is 24.2 Å². The van der Waals surface area contributed by atoms with Crippen molar-refractivity contribution in [2.45, 2.75) is 25.8 Å². The maximum atomic E-state index is 11.9. The highest BCUT2D eigenvalue weighted by Crippen LogP contribution is 2.25. The van der Waals surface area contributed by atoms with Gasteiger partial charge in [0.2, 0.25) is 5.91 Å². The van der Waals surface area contributed by atoms with Crippen LogP contribution in [-0.4, -0.2) is 40.6 Å². The lowest BCUT2D eigenvalue weighted by atomic mass is 10.1. The number of halogens is 1. The zero-order valence-electron chi connectivity index (χ0n) is 12.9. The molecule has 0 aromatic carbocycles. The van der Waals surface area contributed by atoms with Gasteiger partial charge in [0.1, 0.15) is 0 Å². The lowest BCUT2D eigenvalue weighted by Gasteiger charge is -2.15. The quantitative estimate of drug-likeness (QED) is 0.543. The van der Waals surface area contributed by atoms with Gasteiger partial charge in [-0.3, -0.25) is 9.59 Å². The van der Waals surface area contributed by atoms with Crippen LogP contribution in [0.2, 0.25) is 0 Å². The predicted octanol–water partition coefficient (Wildman–Crippen LogP) is 1.68. The Morgan fingerprint density at radius 3 is 2.88 bits per heavy atom. The lowest BCUT2D eigenvalue weighted by molar-refractivity contribution is -0.143. The third-order valence-corrected chi connectivity index (χ3v) is 3.08. The Balaban J connectivity index is 0.00000288. The molecular weight excluding hydrogens is 338 g/mol. The highest BCUT2D eigenvalue weighted by atomic mass is 35.5. The van der Waals surface area contributed by atoms with Gasteiger partial charge in [-0.1, -0.05) is 0 Å². The van der Waals surface area contributed by atoms with Crippen LogP contribution >= 0.6 is 12.4 Å². The molecule has 0 saturated carbocycles. The van der Waals surface area contributed by atoms with Crippen LogP contribution < -0.4 is 10.6 Å². The number of pyridine rings is 1. The number of carbonyl (C=O) groups is 3. The van der Waals surface area contributed by atoms with Crippen molar-refractivity contribution >= 4 is 47.8 Å². The Labute approximate surface area is 144 Å². The third-order valence-electron chi connectivity index (χ3n) is 3.08. The van der Waals surface area contributed by atoms with E-state index in [2.05, 4.69) is 15.6 Å². The van der Waals surface area contributed by atoms with Gasteiger partial charge in [-0.15, -0.1) is 12.4 Å². The van der Waals surface area contributed by atoms with Crippen molar-refractivity contribution in [2.24, 2.45) is 0 Å². The van der Waals surface area contributed by atoms with Crippen LogP contribution in [-0.2, 0) is 19.1 Å². The molecule has 1 amide bonds. The number of hydrogen-bond donors (Lipinski definition) is 3. The Hall–Kier alpha value is -2.61. The number of amides is 1. The van der Waals surface area contributed by atoms with Gasteiger partial charge in [-0.2, -0.15) is 0 Å². The van der Waals surface area contributed by atoms with E-state index in [0.29, 0.717) is 17.2 Å². The number of aliphatic carboxylic acids is 1. The van der Waals surface area contributed by atoms with Gasteiger partial charge in [-0.25, -0.2) is 9.78 Å². The first-order chi connectivity index (χ1) is 11.0. The number of fused-ring (bicyclic) bond motifs is 1. The smallest absolute Gasteiger partial charge is 0.328 e. The van der Waals surface area contributed by atoms with E-state index in [1.807, 2.05) is 0 Å².